The van der Waals surface area contributed by atoms with E-state index in [0.717, 1.165) is 49.9 Å². The largest absolute Gasteiger partial charge is 0.478 e. The van der Waals surface area contributed by atoms with Gasteiger partial charge in [-0.25, -0.2) is 29.5 Å². The third-order valence-electron chi connectivity index (χ3n) is 8.13. The summed E-state index contributed by atoms with van der Waals surface area (Å²) in [6.45, 7) is 4.03. The first-order valence-electron chi connectivity index (χ1n) is 16.2. The standard InChI is InChI=1S/C23H17Cl2N3O2S.C17H10BrCl2NO2S/c1-12(2)21-17(9-26-11-27-21)15-5-3-14(7-16(15)23(29)30)22-28-20(10-31-22)13-4-6-18(24)19(25)8-13;1-23-17(22)11-6-10(2-4-12(11)18)16-21-15(8-24-16)9-3-5-13(19)14(20)7-9/h3-12H,1-2H3,(H,29,30);2-8H,1H3. The fraction of sp³-hybridized carbons (Fsp3) is 0.100. The molecule has 0 bridgehead atoms. The van der Waals surface area contributed by atoms with Crippen LogP contribution in [-0.4, -0.2) is 44.1 Å². The number of rotatable bonds is 8. The Hall–Kier alpha value is -4.20. The summed E-state index contributed by atoms with van der Waals surface area (Å²) in [4.78, 5) is 41.6. The highest BCUT2D eigenvalue weighted by molar-refractivity contribution is 9.10. The van der Waals surface area contributed by atoms with Gasteiger partial charge in [-0.05, 0) is 69.9 Å². The molecule has 0 aliphatic heterocycles. The number of methoxy groups -OCH3 is 1. The van der Waals surface area contributed by atoms with Gasteiger partial charge < -0.3 is 9.84 Å². The van der Waals surface area contributed by atoms with Gasteiger partial charge in [0.2, 0.25) is 0 Å². The number of carbonyl (C=O) groups excluding carboxylic acids is 1. The highest BCUT2D eigenvalue weighted by Gasteiger charge is 2.20. The van der Waals surface area contributed by atoms with E-state index in [4.69, 9.17) is 51.1 Å². The molecule has 0 aliphatic rings. The Morgan fingerprint density at radius 2 is 1.24 bits per heavy atom. The van der Waals surface area contributed by atoms with Crippen molar-refractivity contribution in [3.8, 4) is 54.8 Å². The lowest BCUT2D eigenvalue weighted by molar-refractivity contribution is 0.0598. The normalized spacial score (nSPS) is 10.9. The lowest BCUT2D eigenvalue weighted by Crippen LogP contribution is -2.04. The fourth-order valence-corrected chi connectivity index (χ4v) is 8.07. The van der Waals surface area contributed by atoms with Crippen LogP contribution in [-0.2, 0) is 4.74 Å². The first-order valence-corrected chi connectivity index (χ1v) is 20.3. The Morgan fingerprint density at radius 3 is 1.75 bits per heavy atom. The summed E-state index contributed by atoms with van der Waals surface area (Å²) in [5.41, 5.74) is 7.60. The Labute approximate surface area is 352 Å². The Balaban J connectivity index is 0.000000193. The lowest BCUT2D eigenvalue weighted by Gasteiger charge is -2.13. The number of benzene rings is 4. The van der Waals surface area contributed by atoms with Gasteiger partial charge in [-0.1, -0.05) is 90.6 Å². The molecule has 0 atom stereocenters. The second-order valence-electron chi connectivity index (χ2n) is 12.1. The van der Waals surface area contributed by atoms with Crippen molar-refractivity contribution in [2.45, 2.75) is 19.8 Å². The minimum Gasteiger partial charge on any atom is -0.478 e. The van der Waals surface area contributed by atoms with E-state index in [0.29, 0.717) is 40.7 Å². The molecule has 3 aromatic heterocycles. The predicted molar refractivity (Wildman–Crippen MR) is 227 cm³/mol. The summed E-state index contributed by atoms with van der Waals surface area (Å²) < 4.78 is 5.47. The van der Waals surface area contributed by atoms with Crippen molar-refractivity contribution in [2.75, 3.05) is 7.11 Å². The molecule has 0 unspecified atom stereocenters. The molecule has 0 saturated carbocycles. The zero-order valence-electron chi connectivity index (χ0n) is 29.0. The van der Waals surface area contributed by atoms with Crippen molar-refractivity contribution in [3.05, 3.63) is 137 Å². The van der Waals surface area contributed by atoms with Crippen molar-refractivity contribution in [2.24, 2.45) is 0 Å². The third kappa shape index (κ3) is 9.27. The number of carboxylic acid groups (broad SMARTS) is 1. The SMILES string of the molecule is CC(C)c1ncncc1-c1ccc(-c2nc(-c3ccc(Cl)c(Cl)c3)cs2)cc1C(=O)O.COC(=O)c1cc(-c2nc(-c3ccc(Cl)c(Cl)c3)cs2)ccc1Br. The molecular weight excluding hydrogens is 886 g/mol. The summed E-state index contributed by atoms with van der Waals surface area (Å²) in [7, 11) is 1.35. The molecule has 0 spiro atoms. The van der Waals surface area contributed by atoms with Crippen LogP contribution in [0.15, 0.2) is 101 Å². The van der Waals surface area contributed by atoms with Crippen molar-refractivity contribution in [1.82, 2.24) is 19.9 Å². The Bertz CT molecular complexity index is 2560. The third-order valence-corrected chi connectivity index (χ3v) is 12.1. The van der Waals surface area contributed by atoms with Gasteiger partial charge in [-0.15, -0.1) is 22.7 Å². The Morgan fingerprint density at radius 1 is 0.709 bits per heavy atom. The number of thiazole rings is 2. The number of aromatic carboxylic acids is 1. The second kappa shape index (κ2) is 17.7. The van der Waals surface area contributed by atoms with Crippen LogP contribution < -0.4 is 0 Å². The highest BCUT2D eigenvalue weighted by Crippen LogP contribution is 2.37. The fourth-order valence-electron chi connectivity index (χ4n) is 5.41. The molecule has 15 heteroatoms. The zero-order chi connectivity index (χ0) is 39.4. The number of nitrogens with zero attached hydrogens (tertiary/aromatic N) is 4. The van der Waals surface area contributed by atoms with Crippen LogP contribution in [0.5, 0.6) is 0 Å². The minimum absolute atomic E-state index is 0.132. The molecule has 55 heavy (non-hydrogen) atoms. The molecule has 278 valence electrons. The van der Waals surface area contributed by atoms with Crippen molar-refractivity contribution < 1.29 is 19.4 Å². The number of hydrogen-bond donors (Lipinski definition) is 1. The number of aromatic nitrogens is 4. The number of esters is 1. The van der Waals surface area contributed by atoms with E-state index in [-0.39, 0.29) is 11.5 Å². The van der Waals surface area contributed by atoms with Crippen LogP contribution in [0.3, 0.4) is 0 Å². The predicted octanol–water partition coefficient (Wildman–Crippen LogP) is 13.4. The maximum absolute atomic E-state index is 12.1. The summed E-state index contributed by atoms with van der Waals surface area (Å²) in [5, 5.41) is 17.2. The van der Waals surface area contributed by atoms with Gasteiger partial charge >= 0.3 is 11.9 Å². The molecule has 0 aliphatic carbocycles. The number of carbonyl (C=O) groups is 2. The van der Waals surface area contributed by atoms with E-state index in [9.17, 15) is 14.7 Å². The summed E-state index contributed by atoms with van der Waals surface area (Å²) in [6, 6.07) is 21.5. The van der Waals surface area contributed by atoms with Crippen molar-refractivity contribution >= 4 is 96.9 Å². The molecule has 0 fully saturated rings. The highest BCUT2D eigenvalue weighted by atomic mass is 79.9. The summed E-state index contributed by atoms with van der Waals surface area (Å²) in [5.74, 6) is -1.28. The average Bonchev–Trinajstić information content (AvgIpc) is 3.89. The van der Waals surface area contributed by atoms with Gasteiger partial charge in [0.1, 0.15) is 16.3 Å². The molecule has 7 aromatic rings. The summed E-state index contributed by atoms with van der Waals surface area (Å²) >= 11 is 30.4. The van der Waals surface area contributed by atoms with Crippen molar-refractivity contribution in [1.29, 1.82) is 0 Å². The van der Waals surface area contributed by atoms with Crippen LogP contribution in [0.1, 0.15) is 46.2 Å². The summed E-state index contributed by atoms with van der Waals surface area (Å²) in [6.07, 6.45) is 3.14. The first kappa shape index (κ1) is 40.5. The van der Waals surface area contributed by atoms with Gasteiger partial charge in [0.25, 0.3) is 0 Å². The number of halogens is 5. The number of ether oxygens (including phenoxy) is 1. The zero-order valence-corrected chi connectivity index (χ0v) is 35.2. The molecule has 1 N–H and O–H groups in total. The van der Waals surface area contributed by atoms with Gasteiger partial charge in [0.05, 0.1) is 55.4 Å². The van der Waals surface area contributed by atoms with Crippen LogP contribution in [0.25, 0.3) is 54.8 Å². The average molecular weight is 914 g/mol. The van der Waals surface area contributed by atoms with E-state index < -0.39 is 11.9 Å². The number of carboxylic acids is 1. The second-order valence-corrected chi connectivity index (χ2v) is 16.3. The topological polar surface area (TPSA) is 115 Å². The molecule has 0 saturated heterocycles. The Kier molecular flexibility index (Phi) is 13.0. The van der Waals surface area contributed by atoms with E-state index in [1.807, 2.05) is 54.9 Å². The molecule has 8 nitrogen and oxygen atoms in total. The molecule has 0 radical (unpaired) electrons. The minimum atomic E-state index is -1.02. The van der Waals surface area contributed by atoms with Gasteiger partial charge in [-0.3, -0.25) is 0 Å². The first-order chi connectivity index (χ1) is 26.3. The smallest absolute Gasteiger partial charge is 0.339 e. The molecule has 0 amide bonds. The molecule has 4 aromatic carbocycles. The van der Waals surface area contributed by atoms with E-state index in [1.165, 1.54) is 36.1 Å². The van der Waals surface area contributed by atoms with Gasteiger partial charge in [0, 0.05) is 49.2 Å². The molecular formula is C40H27BrCl4N4O4S2. The van der Waals surface area contributed by atoms with Crippen LogP contribution in [0, 0.1) is 0 Å². The van der Waals surface area contributed by atoms with E-state index >= 15 is 0 Å². The molecule has 3 heterocycles. The maximum atomic E-state index is 12.1. The quantitative estimate of drug-likeness (QED) is 0.150. The van der Waals surface area contributed by atoms with Crippen LogP contribution >= 0.6 is 85.0 Å². The van der Waals surface area contributed by atoms with Crippen LogP contribution in [0.2, 0.25) is 20.1 Å². The van der Waals surface area contributed by atoms with E-state index in [1.54, 1.807) is 48.7 Å². The van der Waals surface area contributed by atoms with Crippen LogP contribution in [0.4, 0.5) is 0 Å². The number of hydrogen-bond acceptors (Lipinski definition) is 9. The van der Waals surface area contributed by atoms with E-state index in [2.05, 4.69) is 35.9 Å². The van der Waals surface area contributed by atoms with Gasteiger partial charge in [-0.2, -0.15) is 0 Å². The van der Waals surface area contributed by atoms with Gasteiger partial charge in [0.15, 0.2) is 0 Å². The lowest BCUT2D eigenvalue weighted by atomic mass is 9.94. The monoisotopic (exact) mass is 910 g/mol. The maximum Gasteiger partial charge on any atom is 0.339 e. The molecule has 7 rings (SSSR count). The van der Waals surface area contributed by atoms with Crippen molar-refractivity contribution in [3.63, 3.8) is 0 Å².